The molecule has 5 heteroatoms. The topological polar surface area (TPSA) is 55.8 Å². The number of amides is 1. The second kappa shape index (κ2) is 8.54. The van der Waals surface area contributed by atoms with Crippen molar-refractivity contribution in [1.82, 2.24) is 0 Å². The maximum Gasteiger partial charge on any atom is 0.331 e. The SMILES string of the molecule is COc1ccccc1/C=C/C(=O)OC(C)C(=O)N1CCCc2ccccc21. The molecule has 0 bridgehead atoms. The van der Waals surface area contributed by atoms with E-state index in [0.29, 0.717) is 12.3 Å². The van der Waals surface area contributed by atoms with Gasteiger partial charge in [-0.15, -0.1) is 0 Å². The molecule has 27 heavy (non-hydrogen) atoms. The summed E-state index contributed by atoms with van der Waals surface area (Å²) in [5, 5.41) is 0. The maximum atomic E-state index is 12.8. The third kappa shape index (κ3) is 4.37. The summed E-state index contributed by atoms with van der Waals surface area (Å²) in [7, 11) is 1.57. The Hall–Kier alpha value is -3.08. The highest BCUT2D eigenvalue weighted by atomic mass is 16.5. The first-order valence-corrected chi connectivity index (χ1v) is 9.01. The summed E-state index contributed by atoms with van der Waals surface area (Å²) in [6, 6.07) is 15.2. The zero-order valence-electron chi connectivity index (χ0n) is 15.6. The quantitative estimate of drug-likeness (QED) is 0.600. The number of benzene rings is 2. The van der Waals surface area contributed by atoms with Gasteiger partial charge in [0.2, 0.25) is 0 Å². The minimum atomic E-state index is -0.856. The number of ether oxygens (including phenoxy) is 2. The predicted molar refractivity (Wildman–Crippen MR) is 105 cm³/mol. The van der Waals surface area contributed by atoms with E-state index >= 15 is 0 Å². The zero-order chi connectivity index (χ0) is 19.2. The van der Waals surface area contributed by atoms with Gasteiger partial charge in [-0.05, 0) is 43.5 Å². The van der Waals surface area contributed by atoms with Crippen molar-refractivity contribution in [3.05, 3.63) is 65.7 Å². The largest absolute Gasteiger partial charge is 0.496 e. The second-order valence-corrected chi connectivity index (χ2v) is 6.38. The second-order valence-electron chi connectivity index (χ2n) is 6.38. The Morgan fingerprint density at radius 3 is 2.67 bits per heavy atom. The van der Waals surface area contributed by atoms with E-state index < -0.39 is 12.1 Å². The summed E-state index contributed by atoms with van der Waals surface area (Å²) in [6.07, 6.45) is 3.93. The highest BCUT2D eigenvalue weighted by Crippen LogP contribution is 2.27. The fourth-order valence-electron chi connectivity index (χ4n) is 3.21. The van der Waals surface area contributed by atoms with E-state index in [1.54, 1.807) is 25.0 Å². The molecule has 0 saturated carbocycles. The number of anilines is 1. The number of fused-ring (bicyclic) bond motifs is 1. The molecule has 1 heterocycles. The standard InChI is InChI=1S/C22H23NO4/c1-16(22(25)23-15-7-10-17-8-3-5-11-19(17)23)27-21(24)14-13-18-9-4-6-12-20(18)26-2/h3-6,8-9,11-14,16H,7,10,15H2,1-2H3/b14-13+. The van der Waals surface area contributed by atoms with Gasteiger partial charge in [0.1, 0.15) is 5.75 Å². The van der Waals surface area contributed by atoms with E-state index in [-0.39, 0.29) is 5.91 Å². The molecule has 2 aromatic rings. The van der Waals surface area contributed by atoms with E-state index in [1.165, 1.54) is 6.08 Å². The molecule has 5 nitrogen and oxygen atoms in total. The fraction of sp³-hybridized carbons (Fsp3) is 0.273. The molecule has 1 unspecified atom stereocenters. The van der Waals surface area contributed by atoms with Crippen molar-refractivity contribution in [1.29, 1.82) is 0 Å². The van der Waals surface area contributed by atoms with Crippen molar-refractivity contribution in [2.75, 3.05) is 18.6 Å². The van der Waals surface area contributed by atoms with E-state index in [0.717, 1.165) is 29.7 Å². The minimum absolute atomic E-state index is 0.207. The Bertz CT molecular complexity index is 859. The normalized spacial score (nSPS) is 14.5. The molecule has 140 valence electrons. The lowest BCUT2D eigenvalue weighted by molar-refractivity contribution is -0.149. The molecule has 2 aromatic carbocycles. The molecule has 0 fully saturated rings. The summed E-state index contributed by atoms with van der Waals surface area (Å²) in [5.74, 6) is -0.108. The van der Waals surface area contributed by atoms with E-state index in [2.05, 4.69) is 0 Å². The van der Waals surface area contributed by atoms with Crippen LogP contribution in [0.4, 0.5) is 5.69 Å². The van der Waals surface area contributed by atoms with Crippen LogP contribution in [0.1, 0.15) is 24.5 Å². The summed E-state index contributed by atoms with van der Waals surface area (Å²) in [6.45, 7) is 2.24. The molecule has 1 amide bonds. The third-order valence-corrected chi connectivity index (χ3v) is 4.55. The average molecular weight is 365 g/mol. The Morgan fingerprint density at radius 2 is 1.85 bits per heavy atom. The van der Waals surface area contributed by atoms with Gasteiger partial charge in [-0.3, -0.25) is 4.79 Å². The average Bonchev–Trinajstić information content (AvgIpc) is 2.71. The molecular weight excluding hydrogens is 342 g/mol. The number of esters is 1. The molecule has 0 radical (unpaired) electrons. The molecule has 0 aromatic heterocycles. The Labute approximate surface area is 159 Å². The van der Waals surface area contributed by atoms with Crippen molar-refractivity contribution in [2.24, 2.45) is 0 Å². The van der Waals surface area contributed by atoms with Crippen molar-refractivity contribution in [3.8, 4) is 5.75 Å². The minimum Gasteiger partial charge on any atom is -0.496 e. The first-order chi connectivity index (χ1) is 13.1. The van der Waals surface area contributed by atoms with Gasteiger partial charge >= 0.3 is 5.97 Å². The van der Waals surface area contributed by atoms with Crippen LogP contribution >= 0.6 is 0 Å². The van der Waals surface area contributed by atoms with Gasteiger partial charge in [-0.2, -0.15) is 0 Å². The first kappa shape index (κ1) is 18.7. The van der Waals surface area contributed by atoms with Crippen LogP contribution in [-0.2, 0) is 20.7 Å². The summed E-state index contributed by atoms with van der Waals surface area (Å²) < 4.78 is 10.6. The molecule has 0 aliphatic carbocycles. The number of carbonyl (C=O) groups is 2. The molecule has 0 spiro atoms. The van der Waals surface area contributed by atoms with E-state index in [9.17, 15) is 9.59 Å². The van der Waals surface area contributed by atoms with E-state index in [1.807, 2.05) is 48.5 Å². The molecule has 3 rings (SSSR count). The Balaban J connectivity index is 1.65. The van der Waals surface area contributed by atoms with E-state index in [4.69, 9.17) is 9.47 Å². The summed E-state index contributed by atoms with van der Waals surface area (Å²) in [4.78, 5) is 26.6. The van der Waals surface area contributed by atoms with Crippen molar-refractivity contribution >= 4 is 23.6 Å². The maximum absolute atomic E-state index is 12.8. The van der Waals surface area contributed by atoms with Crippen LogP contribution in [-0.4, -0.2) is 31.6 Å². The van der Waals surface area contributed by atoms with Crippen molar-refractivity contribution in [2.45, 2.75) is 25.9 Å². The van der Waals surface area contributed by atoms with Gasteiger partial charge in [-0.1, -0.05) is 36.4 Å². The monoisotopic (exact) mass is 365 g/mol. The highest BCUT2D eigenvalue weighted by molar-refractivity contribution is 5.99. The molecule has 0 saturated heterocycles. The van der Waals surface area contributed by atoms with Crippen molar-refractivity contribution in [3.63, 3.8) is 0 Å². The molecular formula is C22H23NO4. The summed E-state index contributed by atoms with van der Waals surface area (Å²) >= 11 is 0. The number of hydrogen-bond donors (Lipinski definition) is 0. The number of hydrogen-bond acceptors (Lipinski definition) is 4. The number of para-hydroxylation sites is 2. The van der Waals surface area contributed by atoms with Gasteiger partial charge < -0.3 is 14.4 Å². The Kier molecular flexibility index (Phi) is 5.91. The number of aryl methyl sites for hydroxylation is 1. The van der Waals surface area contributed by atoms with Gasteiger partial charge in [0, 0.05) is 23.9 Å². The van der Waals surface area contributed by atoms with Crippen LogP contribution in [0, 0.1) is 0 Å². The number of carbonyl (C=O) groups excluding carboxylic acids is 2. The first-order valence-electron chi connectivity index (χ1n) is 9.01. The predicted octanol–water partition coefficient (Wildman–Crippen LogP) is 3.62. The van der Waals surface area contributed by atoms with Gasteiger partial charge in [0.25, 0.3) is 5.91 Å². The van der Waals surface area contributed by atoms with Gasteiger partial charge in [0.15, 0.2) is 6.10 Å². The van der Waals surface area contributed by atoms with Gasteiger partial charge in [-0.25, -0.2) is 4.79 Å². The van der Waals surface area contributed by atoms with Crippen LogP contribution in [0.2, 0.25) is 0 Å². The van der Waals surface area contributed by atoms with Crippen LogP contribution in [0.15, 0.2) is 54.6 Å². The Morgan fingerprint density at radius 1 is 1.11 bits per heavy atom. The highest BCUT2D eigenvalue weighted by Gasteiger charge is 2.27. The zero-order valence-corrected chi connectivity index (χ0v) is 15.6. The van der Waals surface area contributed by atoms with Crippen LogP contribution < -0.4 is 9.64 Å². The van der Waals surface area contributed by atoms with Crippen LogP contribution in [0.25, 0.3) is 6.08 Å². The lowest BCUT2D eigenvalue weighted by Gasteiger charge is -2.31. The van der Waals surface area contributed by atoms with Gasteiger partial charge in [0.05, 0.1) is 7.11 Å². The number of methoxy groups -OCH3 is 1. The number of nitrogens with zero attached hydrogens (tertiary/aromatic N) is 1. The van der Waals surface area contributed by atoms with Crippen LogP contribution in [0.5, 0.6) is 5.75 Å². The van der Waals surface area contributed by atoms with Crippen LogP contribution in [0.3, 0.4) is 0 Å². The number of rotatable bonds is 5. The lowest BCUT2D eigenvalue weighted by atomic mass is 10.0. The molecule has 0 N–H and O–H groups in total. The lowest BCUT2D eigenvalue weighted by Crippen LogP contribution is -2.42. The summed E-state index contributed by atoms with van der Waals surface area (Å²) in [5.41, 5.74) is 2.81. The molecule has 1 aliphatic rings. The third-order valence-electron chi connectivity index (χ3n) is 4.55. The smallest absolute Gasteiger partial charge is 0.331 e. The molecule has 1 atom stereocenters. The fourth-order valence-corrected chi connectivity index (χ4v) is 3.21. The van der Waals surface area contributed by atoms with Crippen molar-refractivity contribution < 1.29 is 19.1 Å². The molecule has 1 aliphatic heterocycles.